The van der Waals surface area contributed by atoms with Gasteiger partial charge in [-0.05, 0) is 25.5 Å². The fourth-order valence-corrected chi connectivity index (χ4v) is 2.30. The SMILES string of the molecule is Cc1ccc(-c2nc(-c3ccccc3)ccc2C)cc1. The predicted molar refractivity (Wildman–Crippen MR) is 84.6 cm³/mol. The molecule has 1 aromatic heterocycles. The van der Waals surface area contributed by atoms with Gasteiger partial charge in [0.1, 0.15) is 0 Å². The molecule has 1 heterocycles. The summed E-state index contributed by atoms with van der Waals surface area (Å²) < 4.78 is 0. The number of nitrogens with zero attached hydrogens (tertiary/aromatic N) is 1. The smallest absolute Gasteiger partial charge is 0.0738 e. The molecule has 1 heteroatoms. The normalized spacial score (nSPS) is 10.5. The van der Waals surface area contributed by atoms with E-state index in [9.17, 15) is 0 Å². The van der Waals surface area contributed by atoms with Crippen molar-refractivity contribution < 1.29 is 0 Å². The molecule has 0 bridgehead atoms. The van der Waals surface area contributed by atoms with E-state index in [-0.39, 0.29) is 0 Å². The van der Waals surface area contributed by atoms with Gasteiger partial charge in [-0.3, -0.25) is 0 Å². The number of hydrogen-bond donors (Lipinski definition) is 0. The van der Waals surface area contributed by atoms with Crippen LogP contribution in [0.25, 0.3) is 22.5 Å². The fraction of sp³-hybridized carbons (Fsp3) is 0.105. The van der Waals surface area contributed by atoms with Crippen molar-refractivity contribution in [1.29, 1.82) is 0 Å². The van der Waals surface area contributed by atoms with Gasteiger partial charge in [-0.2, -0.15) is 0 Å². The zero-order valence-electron chi connectivity index (χ0n) is 11.8. The van der Waals surface area contributed by atoms with Crippen LogP contribution in [0.4, 0.5) is 0 Å². The maximum absolute atomic E-state index is 4.84. The minimum absolute atomic E-state index is 1.02. The molecule has 3 rings (SSSR count). The number of rotatable bonds is 2. The first kappa shape index (κ1) is 12.6. The Morgan fingerprint density at radius 3 is 2.05 bits per heavy atom. The molecule has 3 aromatic rings. The van der Waals surface area contributed by atoms with Gasteiger partial charge in [-0.15, -0.1) is 0 Å². The topological polar surface area (TPSA) is 12.9 Å². The van der Waals surface area contributed by atoms with Crippen LogP contribution in [0.5, 0.6) is 0 Å². The van der Waals surface area contributed by atoms with E-state index < -0.39 is 0 Å². The largest absolute Gasteiger partial charge is 0.248 e. The van der Waals surface area contributed by atoms with Crippen molar-refractivity contribution in [3.8, 4) is 22.5 Å². The Labute approximate surface area is 119 Å². The van der Waals surface area contributed by atoms with Crippen molar-refractivity contribution in [3.63, 3.8) is 0 Å². The fourth-order valence-electron chi connectivity index (χ4n) is 2.30. The van der Waals surface area contributed by atoms with Crippen molar-refractivity contribution >= 4 is 0 Å². The van der Waals surface area contributed by atoms with Crippen LogP contribution in [0.15, 0.2) is 66.7 Å². The first-order valence-electron chi connectivity index (χ1n) is 6.84. The standard InChI is InChI=1S/C19H17N/c1-14-8-11-17(12-9-14)19-15(2)10-13-18(20-19)16-6-4-3-5-7-16/h3-13H,1-2H3. The third-order valence-electron chi connectivity index (χ3n) is 3.49. The highest BCUT2D eigenvalue weighted by atomic mass is 14.7. The average molecular weight is 259 g/mol. The van der Waals surface area contributed by atoms with E-state index >= 15 is 0 Å². The number of pyridine rings is 1. The minimum atomic E-state index is 1.02. The van der Waals surface area contributed by atoms with Crippen LogP contribution >= 0.6 is 0 Å². The zero-order chi connectivity index (χ0) is 13.9. The lowest BCUT2D eigenvalue weighted by atomic mass is 10.0. The summed E-state index contributed by atoms with van der Waals surface area (Å²) >= 11 is 0. The molecule has 0 fully saturated rings. The van der Waals surface area contributed by atoms with Gasteiger partial charge in [-0.25, -0.2) is 4.98 Å². The van der Waals surface area contributed by atoms with E-state index in [0.717, 1.165) is 17.0 Å². The second kappa shape index (κ2) is 5.30. The molecule has 0 radical (unpaired) electrons. The van der Waals surface area contributed by atoms with Crippen LogP contribution in [0, 0.1) is 13.8 Å². The molecule has 0 atom stereocenters. The molecule has 0 spiro atoms. The van der Waals surface area contributed by atoms with Crippen LogP contribution in [-0.2, 0) is 0 Å². The predicted octanol–water partition coefficient (Wildman–Crippen LogP) is 5.03. The Morgan fingerprint density at radius 1 is 0.650 bits per heavy atom. The molecule has 0 amide bonds. The molecule has 0 saturated carbocycles. The number of hydrogen-bond acceptors (Lipinski definition) is 1. The molecule has 0 unspecified atom stereocenters. The van der Waals surface area contributed by atoms with E-state index in [4.69, 9.17) is 4.98 Å². The lowest BCUT2D eigenvalue weighted by molar-refractivity contribution is 1.27. The van der Waals surface area contributed by atoms with Gasteiger partial charge in [0.25, 0.3) is 0 Å². The highest BCUT2D eigenvalue weighted by Crippen LogP contribution is 2.25. The maximum Gasteiger partial charge on any atom is 0.0738 e. The van der Waals surface area contributed by atoms with Gasteiger partial charge < -0.3 is 0 Å². The van der Waals surface area contributed by atoms with E-state index in [1.807, 2.05) is 18.2 Å². The van der Waals surface area contributed by atoms with Crippen molar-refractivity contribution in [1.82, 2.24) is 4.98 Å². The van der Waals surface area contributed by atoms with Crippen LogP contribution < -0.4 is 0 Å². The zero-order valence-corrected chi connectivity index (χ0v) is 11.8. The molecular formula is C19H17N. The second-order valence-corrected chi connectivity index (χ2v) is 5.09. The lowest BCUT2D eigenvalue weighted by Gasteiger charge is -2.09. The van der Waals surface area contributed by atoms with Crippen LogP contribution in [0.3, 0.4) is 0 Å². The average Bonchev–Trinajstić information content (AvgIpc) is 2.50. The number of aryl methyl sites for hydroxylation is 2. The molecule has 2 aromatic carbocycles. The Kier molecular flexibility index (Phi) is 3.34. The second-order valence-electron chi connectivity index (χ2n) is 5.09. The molecule has 1 nitrogen and oxygen atoms in total. The quantitative estimate of drug-likeness (QED) is 0.628. The molecule has 98 valence electrons. The van der Waals surface area contributed by atoms with E-state index in [1.165, 1.54) is 16.7 Å². The summed E-state index contributed by atoms with van der Waals surface area (Å²) in [5.74, 6) is 0. The highest BCUT2D eigenvalue weighted by molar-refractivity contribution is 5.68. The third-order valence-corrected chi connectivity index (χ3v) is 3.49. The third kappa shape index (κ3) is 2.48. The first-order valence-corrected chi connectivity index (χ1v) is 6.84. The first-order chi connectivity index (χ1) is 9.74. The molecular weight excluding hydrogens is 242 g/mol. The number of benzene rings is 2. The summed E-state index contributed by atoms with van der Waals surface area (Å²) in [5.41, 5.74) is 6.88. The van der Waals surface area contributed by atoms with Gasteiger partial charge in [0.15, 0.2) is 0 Å². The lowest BCUT2D eigenvalue weighted by Crippen LogP contribution is -1.91. The van der Waals surface area contributed by atoms with Gasteiger partial charge in [-0.1, -0.05) is 66.2 Å². The van der Waals surface area contributed by atoms with E-state index in [1.54, 1.807) is 0 Å². The molecule has 0 aliphatic rings. The Balaban J connectivity index is 2.10. The van der Waals surface area contributed by atoms with Gasteiger partial charge >= 0.3 is 0 Å². The molecule has 0 aliphatic heterocycles. The van der Waals surface area contributed by atoms with Crippen molar-refractivity contribution in [2.45, 2.75) is 13.8 Å². The highest BCUT2D eigenvalue weighted by Gasteiger charge is 2.06. The Hall–Kier alpha value is -2.41. The van der Waals surface area contributed by atoms with Crippen LogP contribution in [-0.4, -0.2) is 4.98 Å². The summed E-state index contributed by atoms with van der Waals surface area (Å²) in [6, 6.07) is 23.1. The van der Waals surface area contributed by atoms with Gasteiger partial charge in [0.05, 0.1) is 11.4 Å². The molecule has 20 heavy (non-hydrogen) atoms. The van der Waals surface area contributed by atoms with E-state index in [0.29, 0.717) is 0 Å². The van der Waals surface area contributed by atoms with Crippen LogP contribution in [0.1, 0.15) is 11.1 Å². The van der Waals surface area contributed by atoms with E-state index in [2.05, 4.69) is 62.4 Å². The summed E-state index contributed by atoms with van der Waals surface area (Å²) in [7, 11) is 0. The molecule has 0 aliphatic carbocycles. The van der Waals surface area contributed by atoms with Gasteiger partial charge in [0, 0.05) is 11.1 Å². The monoisotopic (exact) mass is 259 g/mol. The Bertz CT molecular complexity index is 713. The van der Waals surface area contributed by atoms with Crippen molar-refractivity contribution in [2.24, 2.45) is 0 Å². The maximum atomic E-state index is 4.84. The molecule has 0 N–H and O–H groups in total. The summed E-state index contributed by atoms with van der Waals surface area (Å²) in [6.45, 7) is 4.21. The minimum Gasteiger partial charge on any atom is -0.248 e. The van der Waals surface area contributed by atoms with Crippen molar-refractivity contribution in [2.75, 3.05) is 0 Å². The molecule has 0 saturated heterocycles. The summed E-state index contributed by atoms with van der Waals surface area (Å²) in [5, 5.41) is 0. The Morgan fingerprint density at radius 2 is 1.35 bits per heavy atom. The van der Waals surface area contributed by atoms with Crippen LogP contribution in [0.2, 0.25) is 0 Å². The summed E-state index contributed by atoms with van der Waals surface area (Å²) in [6.07, 6.45) is 0. The summed E-state index contributed by atoms with van der Waals surface area (Å²) in [4.78, 5) is 4.84. The van der Waals surface area contributed by atoms with Crippen molar-refractivity contribution in [3.05, 3.63) is 77.9 Å². The number of aromatic nitrogens is 1. The van der Waals surface area contributed by atoms with Gasteiger partial charge in [0.2, 0.25) is 0 Å².